The lowest BCUT2D eigenvalue weighted by Gasteiger charge is -2.23. The zero-order chi connectivity index (χ0) is 25.4. The molecule has 1 aromatic heterocycles. The molecule has 1 atom stereocenters. The minimum absolute atomic E-state index is 0.0244. The smallest absolute Gasteiger partial charge is 0.350 e. The van der Waals surface area contributed by atoms with Crippen molar-refractivity contribution in [3.05, 3.63) is 86.9 Å². The average Bonchev–Trinajstić information content (AvgIpc) is 3.35. The highest BCUT2D eigenvalue weighted by Gasteiger charge is 2.48. The van der Waals surface area contributed by atoms with Gasteiger partial charge in [0, 0.05) is 5.56 Å². The van der Waals surface area contributed by atoms with Crippen molar-refractivity contribution in [1.29, 1.82) is 0 Å². The molecule has 2 aromatic carbocycles. The fraction of sp³-hybridized carbons (Fsp3) is 0.259. The number of amides is 1. The van der Waals surface area contributed by atoms with E-state index in [-0.39, 0.29) is 21.3 Å². The number of aliphatic hydroxyl groups is 1. The van der Waals surface area contributed by atoms with Crippen molar-refractivity contribution in [3.8, 4) is 0 Å². The molecule has 1 aliphatic rings. The SMILES string of the molecule is COC(=O)c1sc(N2C(=O)C(=O)C(=C(O)c3ccc(C)cc3)[C@H]2c2ccc(C(C)C)cc2)nc1C. The summed E-state index contributed by atoms with van der Waals surface area (Å²) in [6.07, 6.45) is 0. The number of carbonyl (C=O) groups is 3. The Morgan fingerprint density at radius 3 is 2.26 bits per heavy atom. The third-order valence-corrected chi connectivity index (χ3v) is 7.19. The van der Waals surface area contributed by atoms with Gasteiger partial charge >= 0.3 is 11.9 Å². The van der Waals surface area contributed by atoms with Crippen LogP contribution in [-0.4, -0.2) is 34.9 Å². The molecular formula is C27H26N2O5S. The fourth-order valence-corrected chi connectivity index (χ4v) is 5.05. The number of hydrogen-bond donors (Lipinski definition) is 1. The molecule has 0 radical (unpaired) electrons. The van der Waals surface area contributed by atoms with E-state index in [0.717, 1.165) is 22.5 Å². The molecular weight excluding hydrogens is 464 g/mol. The number of rotatable bonds is 5. The number of ether oxygens (including phenoxy) is 1. The molecule has 180 valence electrons. The van der Waals surface area contributed by atoms with Gasteiger partial charge in [0.15, 0.2) is 5.13 Å². The van der Waals surface area contributed by atoms with Gasteiger partial charge in [0.25, 0.3) is 5.78 Å². The van der Waals surface area contributed by atoms with Gasteiger partial charge < -0.3 is 9.84 Å². The number of benzene rings is 2. The Balaban J connectivity index is 1.92. The van der Waals surface area contributed by atoms with Gasteiger partial charge in [0.05, 0.1) is 24.4 Å². The van der Waals surface area contributed by atoms with Gasteiger partial charge in [-0.15, -0.1) is 0 Å². The number of ketones is 1. The molecule has 0 spiro atoms. The minimum atomic E-state index is -0.909. The van der Waals surface area contributed by atoms with Crippen LogP contribution < -0.4 is 4.90 Å². The molecule has 8 heteroatoms. The molecule has 3 aromatic rings. The molecule has 1 saturated heterocycles. The van der Waals surface area contributed by atoms with Gasteiger partial charge in [-0.2, -0.15) is 0 Å². The van der Waals surface area contributed by atoms with Crippen molar-refractivity contribution in [1.82, 2.24) is 4.98 Å². The monoisotopic (exact) mass is 490 g/mol. The first-order valence-electron chi connectivity index (χ1n) is 11.2. The Hall–Kier alpha value is -3.78. The van der Waals surface area contributed by atoms with Crippen LogP contribution in [-0.2, 0) is 14.3 Å². The topological polar surface area (TPSA) is 96.8 Å². The lowest BCUT2D eigenvalue weighted by atomic mass is 9.93. The number of aryl methyl sites for hydroxylation is 2. The zero-order valence-electron chi connectivity index (χ0n) is 20.2. The molecule has 7 nitrogen and oxygen atoms in total. The number of methoxy groups -OCH3 is 1. The number of thiazole rings is 1. The molecule has 0 bridgehead atoms. The maximum absolute atomic E-state index is 13.3. The summed E-state index contributed by atoms with van der Waals surface area (Å²) in [5, 5.41) is 11.4. The van der Waals surface area contributed by atoms with E-state index in [4.69, 9.17) is 4.74 Å². The lowest BCUT2D eigenvalue weighted by molar-refractivity contribution is -0.132. The maximum Gasteiger partial charge on any atom is 0.350 e. The van der Waals surface area contributed by atoms with Crippen LogP contribution >= 0.6 is 11.3 Å². The van der Waals surface area contributed by atoms with E-state index < -0.39 is 23.7 Å². The summed E-state index contributed by atoms with van der Waals surface area (Å²) in [4.78, 5) is 44.7. The Labute approximate surface area is 207 Å². The van der Waals surface area contributed by atoms with E-state index in [1.54, 1.807) is 19.1 Å². The Morgan fingerprint density at radius 1 is 1.06 bits per heavy atom. The van der Waals surface area contributed by atoms with Gasteiger partial charge in [-0.1, -0.05) is 79.3 Å². The number of hydrogen-bond acceptors (Lipinski definition) is 7. The molecule has 35 heavy (non-hydrogen) atoms. The van der Waals surface area contributed by atoms with Crippen LogP contribution in [0.15, 0.2) is 54.1 Å². The fourth-order valence-electron chi connectivity index (χ4n) is 4.04. The largest absolute Gasteiger partial charge is 0.507 e. The summed E-state index contributed by atoms with van der Waals surface area (Å²) < 4.78 is 4.83. The van der Waals surface area contributed by atoms with E-state index in [9.17, 15) is 19.5 Å². The third-order valence-electron chi connectivity index (χ3n) is 6.05. The number of aromatic nitrogens is 1. The second kappa shape index (κ2) is 9.46. The maximum atomic E-state index is 13.3. The first-order valence-corrected chi connectivity index (χ1v) is 12.0. The molecule has 1 fully saturated rings. The van der Waals surface area contributed by atoms with Crippen molar-refractivity contribution < 1.29 is 24.2 Å². The second-order valence-electron chi connectivity index (χ2n) is 8.76. The molecule has 1 amide bonds. The van der Waals surface area contributed by atoms with Gasteiger partial charge in [0.1, 0.15) is 10.6 Å². The number of esters is 1. The number of carbonyl (C=O) groups excluding carboxylic acids is 3. The Kier molecular flexibility index (Phi) is 6.58. The molecule has 0 saturated carbocycles. The molecule has 1 N–H and O–H groups in total. The molecule has 0 unspecified atom stereocenters. The van der Waals surface area contributed by atoms with E-state index in [1.807, 2.05) is 43.3 Å². The minimum Gasteiger partial charge on any atom is -0.507 e. The number of nitrogens with zero attached hydrogens (tertiary/aromatic N) is 2. The van der Waals surface area contributed by atoms with Crippen LogP contribution in [0, 0.1) is 13.8 Å². The summed E-state index contributed by atoms with van der Waals surface area (Å²) in [6, 6.07) is 13.7. The highest BCUT2D eigenvalue weighted by Crippen LogP contribution is 2.44. The standard InChI is InChI=1S/C27H26N2O5S/c1-14(2)17-10-12-18(13-11-17)21-20(22(30)19-8-6-15(3)7-9-19)23(31)25(32)29(21)27-28-16(4)24(35-27)26(33)34-5/h6-14,21,30H,1-5H3/t21-/m1/s1. The van der Waals surface area contributed by atoms with Crippen LogP contribution in [0.3, 0.4) is 0 Å². The van der Waals surface area contributed by atoms with Crippen molar-refractivity contribution in [2.45, 2.75) is 39.7 Å². The lowest BCUT2D eigenvalue weighted by Crippen LogP contribution is -2.29. The van der Waals surface area contributed by atoms with Gasteiger partial charge in [-0.3, -0.25) is 14.5 Å². The van der Waals surface area contributed by atoms with Crippen molar-refractivity contribution in [3.63, 3.8) is 0 Å². The number of aliphatic hydroxyl groups excluding tert-OH is 1. The summed E-state index contributed by atoms with van der Waals surface area (Å²) in [5.41, 5.74) is 3.55. The predicted molar refractivity (Wildman–Crippen MR) is 135 cm³/mol. The number of anilines is 1. The normalized spacial score (nSPS) is 17.3. The third kappa shape index (κ3) is 4.37. The summed E-state index contributed by atoms with van der Waals surface area (Å²) in [5.74, 6) is -2.16. The first-order chi connectivity index (χ1) is 16.6. The van der Waals surface area contributed by atoms with Crippen LogP contribution in [0.4, 0.5) is 5.13 Å². The van der Waals surface area contributed by atoms with E-state index >= 15 is 0 Å². The van der Waals surface area contributed by atoms with E-state index in [1.165, 1.54) is 12.0 Å². The highest BCUT2D eigenvalue weighted by molar-refractivity contribution is 7.17. The van der Waals surface area contributed by atoms with E-state index in [0.29, 0.717) is 22.7 Å². The molecule has 1 aliphatic heterocycles. The molecule has 4 rings (SSSR count). The van der Waals surface area contributed by atoms with Gasteiger partial charge in [-0.05, 0) is 30.9 Å². The molecule has 2 heterocycles. The van der Waals surface area contributed by atoms with Gasteiger partial charge in [0.2, 0.25) is 0 Å². The van der Waals surface area contributed by atoms with Crippen molar-refractivity contribution in [2.75, 3.05) is 12.0 Å². The Morgan fingerprint density at radius 2 is 1.69 bits per heavy atom. The second-order valence-corrected chi connectivity index (χ2v) is 9.74. The van der Waals surface area contributed by atoms with Crippen LogP contribution in [0.1, 0.15) is 63.4 Å². The van der Waals surface area contributed by atoms with Crippen LogP contribution in [0.5, 0.6) is 0 Å². The highest BCUT2D eigenvalue weighted by atomic mass is 32.1. The van der Waals surface area contributed by atoms with Crippen LogP contribution in [0.25, 0.3) is 5.76 Å². The van der Waals surface area contributed by atoms with Gasteiger partial charge in [-0.25, -0.2) is 9.78 Å². The Bertz CT molecular complexity index is 1340. The van der Waals surface area contributed by atoms with E-state index in [2.05, 4.69) is 18.8 Å². The first kappa shape index (κ1) is 24.3. The van der Waals surface area contributed by atoms with Crippen LogP contribution in [0.2, 0.25) is 0 Å². The summed E-state index contributed by atoms with van der Waals surface area (Å²) >= 11 is 0.976. The average molecular weight is 491 g/mol. The van der Waals surface area contributed by atoms with Crippen molar-refractivity contribution in [2.24, 2.45) is 0 Å². The number of Topliss-reactive ketones (excluding diaryl/α,β-unsaturated/α-hetero) is 1. The van der Waals surface area contributed by atoms with Crippen molar-refractivity contribution >= 4 is 39.9 Å². The molecule has 0 aliphatic carbocycles. The quantitative estimate of drug-likeness (QED) is 0.226. The summed E-state index contributed by atoms with van der Waals surface area (Å²) in [6.45, 7) is 7.71. The summed E-state index contributed by atoms with van der Waals surface area (Å²) in [7, 11) is 1.27. The zero-order valence-corrected chi connectivity index (χ0v) is 21.0. The predicted octanol–water partition coefficient (Wildman–Crippen LogP) is 5.30.